The molecule has 32 heavy (non-hydrogen) atoms. The molecule has 0 saturated carbocycles. The molecule has 11 nitrogen and oxygen atoms in total. The first-order valence-corrected chi connectivity index (χ1v) is 10.7. The summed E-state index contributed by atoms with van der Waals surface area (Å²) in [5, 5.41) is 9.44. The molecule has 0 bridgehead atoms. The Morgan fingerprint density at radius 2 is 1.66 bits per heavy atom. The average Bonchev–Trinajstić information content (AvgIpc) is 3.20. The summed E-state index contributed by atoms with van der Waals surface area (Å²) >= 11 is 0. The molecular weight excluding hydrogens is 438 g/mol. The lowest BCUT2D eigenvalue weighted by Gasteiger charge is -2.07. The summed E-state index contributed by atoms with van der Waals surface area (Å²) in [7, 11) is -1.07. The normalized spacial score (nSPS) is 11.1. The standard InChI is InChI=1S/C20H21N5O6S/c1-30-17-7-5-15(6-8-17)22-19(26)13-25-12-16(11-21-25)23-20(27)14-3-9-18(10-4-14)32(28,29)24-31-2/h3-12,24H,13H2,1-2H3,(H,22,26)(H,23,27). The number of nitrogens with one attached hydrogen (secondary N) is 3. The number of benzene rings is 2. The van der Waals surface area contributed by atoms with Crippen molar-refractivity contribution >= 4 is 33.2 Å². The van der Waals surface area contributed by atoms with E-state index in [9.17, 15) is 18.0 Å². The lowest BCUT2D eigenvalue weighted by Crippen LogP contribution is -2.22. The van der Waals surface area contributed by atoms with Crippen LogP contribution in [0.1, 0.15) is 10.4 Å². The third-order valence-electron chi connectivity index (χ3n) is 4.19. The Kier molecular flexibility index (Phi) is 7.20. The SMILES string of the molecule is CONS(=O)(=O)c1ccc(C(=O)Nc2cnn(CC(=O)Nc3ccc(OC)cc3)c2)cc1. The van der Waals surface area contributed by atoms with E-state index in [1.807, 2.05) is 4.89 Å². The molecule has 2 aromatic carbocycles. The Bertz CT molecular complexity index is 1190. The zero-order valence-electron chi connectivity index (χ0n) is 17.2. The van der Waals surface area contributed by atoms with E-state index in [-0.39, 0.29) is 22.9 Å². The van der Waals surface area contributed by atoms with Gasteiger partial charge in [0, 0.05) is 17.4 Å². The molecule has 3 N–H and O–H groups in total. The molecule has 12 heteroatoms. The number of sulfonamides is 1. The predicted molar refractivity (Wildman–Crippen MR) is 116 cm³/mol. The predicted octanol–water partition coefficient (Wildman–Crippen LogP) is 1.62. The van der Waals surface area contributed by atoms with E-state index >= 15 is 0 Å². The molecule has 0 spiro atoms. The largest absolute Gasteiger partial charge is 0.497 e. The highest BCUT2D eigenvalue weighted by atomic mass is 32.2. The molecule has 0 atom stereocenters. The third kappa shape index (κ3) is 5.91. The molecule has 0 unspecified atom stereocenters. The van der Waals surface area contributed by atoms with Gasteiger partial charge in [0.25, 0.3) is 15.9 Å². The van der Waals surface area contributed by atoms with Crippen LogP contribution in [0.25, 0.3) is 0 Å². The summed E-state index contributed by atoms with van der Waals surface area (Å²) in [6.07, 6.45) is 2.91. The number of amides is 2. The molecule has 0 aliphatic carbocycles. The van der Waals surface area contributed by atoms with Gasteiger partial charge in [0.15, 0.2) is 0 Å². The van der Waals surface area contributed by atoms with Gasteiger partial charge in [0.1, 0.15) is 12.3 Å². The van der Waals surface area contributed by atoms with Crippen molar-refractivity contribution in [1.82, 2.24) is 14.7 Å². The number of aromatic nitrogens is 2. The quantitative estimate of drug-likeness (QED) is 0.413. The Labute approximate surface area is 184 Å². The number of rotatable bonds is 9. The van der Waals surface area contributed by atoms with E-state index in [0.717, 1.165) is 0 Å². The second-order valence-corrected chi connectivity index (χ2v) is 8.12. The van der Waals surface area contributed by atoms with Gasteiger partial charge in [-0.2, -0.15) is 5.10 Å². The van der Waals surface area contributed by atoms with Crippen molar-refractivity contribution in [3.8, 4) is 5.75 Å². The molecule has 0 aliphatic heterocycles. The molecule has 0 aliphatic rings. The number of carbonyl (C=O) groups is 2. The number of methoxy groups -OCH3 is 1. The fourth-order valence-corrected chi connectivity index (χ4v) is 3.49. The minimum Gasteiger partial charge on any atom is -0.497 e. The van der Waals surface area contributed by atoms with Gasteiger partial charge in [-0.05, 0) is 48.5 Å². The van der Waals surface area contributed by atoms with Crippen molar-refractivity contribution in [2.45, 2.75) is 11.4 Å². The highest BCUT2D eigenvalue weighted by Gasteiger charge is 2.15. The fourth-order valence-electron chi connectivity index (χ4n) is 2.68. The van der Waals surface area contributed by atoms with Gasteiger partial charge in [-0.15, -0.1) is 0 Å². The van der Waals surface area contributed by atoms with E-state index in [1.165, 1.54) is 48.5 Å². The molecule has 3 rings (SSSR count). The number of ether oxygens (including phenoxy) is 1. The van der Waals surface area contributed by atoms with Gasteiger partial charge in [-0.1, -0.05) is 4.89 Å². The van der Waals surface area contributed by atoms with Crippen LogP contribution in [0.15, 0.2) is 65.8 Å². The van der Waals surface area contributed by atoms with Gasteiger partial charge < -0.3 is 15.4 Å². The second kappa shape index (κ2) is 10.0. The van der Waals surface area contributed by atoms with Crippen molar-refractivity contribution in [2.24, 2.45) is 0 Å². The molecule has 168 valence electrons. The maximum atomic E-state index is 12.4. The molecule has 0 radical (unpaired) electrons. The number of anilines is 2. The minimum absolute atomic E-state index is 0.0495. The Morgan fingerprint density at radius 1 is 0.969 bits per heavy atom. The molecule has 0 fully saturated rings. The van der Waals surface area contributed by atoms with E-state index in [0.29, 0.717) is 17.1 Å². The third-order valence-corrected chi connectivity index (χ3v) is 5.47. The van der Waals surface area contributed by atoms with E-state index in [1.54, 1.807) is 31.4 Å². The molecule has 1 aromatic heterocycles. The second-order valence-electron chi connectivity index (χ2n) is 6.47. The maximum Gasteiger partial charge on any atom is 0.262 e. The van der Waals surface area contributed by atoms with Gasteiger partial charge >= 0.3 is 0 Å². The summed E-state index contributed by atoms with van der Waals surface area (Å²) in [5.74, 6) is -0.0770. The summed E-state index contributed by atoms with van der Waals surface area (Å²) in [6.45, 7) is -0.0546. The Balaban J connectivity index is 1.57. The molecule has 1 heterocycles. The molecule has 2 amide bonds. The van der Waals surface area contributed by atoms with Crippen LogP contribution in [0, 0.1) is 0 Å². The van der Waals surface area contributed by atoms with E-state index < -0.39 is 15.9 Å². The monoisotopic (exact) mass is 459 g/mol. The maximum absolute atomic E-state index is 12.4. The van der Waals surface area contributed by atoms with Crippen LogP contribution in [0.4, 0.5) is 11.4 Å². The van der Waals surface area contributed by atoms with Crippen LogP contribution in [0.5, 0.6) is 5.75 Å². The van der Waals surface area contributed by atoms with Crippen molar-refractivity contribution in [1.29, 1.82) is 0 Å². The number of hydrogen-bond acceptors (Lipinski definition) is 7. The summed E-state index contributed by atoms with van der Waals surface area (Å²) in [6, 6.07) is 12.2. The first-order chi connectivity index (χ1) is 15.3. The van der Waals surface area contributed by atoms with Gasteiger partial charge in [-0.25, -0.2) is 8.42 Å². The van der Waals surface area contributed by atoms with Gasteiger partial charge in [0.05, 0.1) is 31.0 Å². The average molecular weight is 459 g/mol. The molecular formula is C20H21N5O6S. The van der Waals surface area contributed by atoms with Crippen LogP contribution in [-0.4, -0.2) is 44.2 Å². The summed E-state index contributed by atoms with van der Waals surface area (Å²) in [5.41, 5.74) is 1.24. The van der Waals surface area contributed by atoms with Gasteiger partial charge in [-0.3, -0.25) is 19.1 Å². The lowest BCUT2D eigenvalue weighted by atomic mass is 10.2. The fraction of sp³-hybridized carbons (Fsp3) is 0.150. The number of hydrogen-bond donors (Lipinski definition) is 3. The zero-order valence-corrected chi connectivity index (χ0v) is 18.0. The van der Waals surface area contributed by atoms with Crippen molar-refractivity contribution < 1.29 is 27.6 Å². The van der Waals surface area contributed by atoms with Crippen LogP contribution < -0.4 is 20.3 Å². The van der Waals surface area contributed by atoms with Crippen molar-refractivity contribution in [3.05, 3.63) is 66.5 Å². The highest BCUT2D eigenvalue weighted by molar-refractivity contribution is 7.89. The van der Waals surface area contributed by atoms with Crippen molar-refractivity contribution in [3.63, 3.8) is 0 Å². The summed E-state index contributed by atoms with van der Waals surface area (Å²) in [4.78, 5) is 30.9. The van der Waals surface area contributed by atoms with Crippen LogP contribution in [-0.2, 0) is 26.2 Å². The smallest absolute Gasteiger partial charge is 0.262 e. The first kappa shape index (κ1) is 22.9. The number of carbonyl (C=O) groups excluding carboxylic acids is 2. The molecule has 0 saturated heterocycles. The van der Waals surface area contributed by atoms with E-state index in [2.05, 4.69) is 20.6 Å². The molecule has 3 aromatic rings. The van der Waals surface area contributed by atoms with Crippen molar-refractivity contribution in [2.75, 3.05) is 24.9 Å². The van der Waals surface area contributed by atoms with Gasteiger partial charge in [0.2, 0.25) is 5.91 Å². The topological polar surface area (TPSA) is 141 Å². The Morgan fingerprint density at radius 3 is 2.28 bits per heavy atom. The van der Waals surface area contributed by atoms with Crippen LogP contribution in [0.2, 0.25) is 0 Å². The zero-order chi connectivity index (χ0) is 23.1. The highest BCUT2D eigenvalue weighted by Crippen LogP contribution is 2.16. The minimum atomic E-state index is -3.81. The van der Waals surface area contributed by atoms with E-state index in [4.69, 9.17) is 4.74 Å². The van der Waals surface area contributed by atoms with Crippen LogP contribution in [0.3, 0.4) is 0 Å². The summed E-state index contributed by atoms with van der Waals surface area (Å²) < 4.78 is 30.2. The first-order valence-electron chi connectivity index (χ1n) is 9.23. The van der Waals surface area contributed by atoms with Crippen LogP contribution >= 0.6 is 0 Å². The Hall–Kier alpha value is -3.74. The lowest BCUT2D eigenvalue weighted by molar-refractivity contribution is -0.116. The number of nitrogens with zero attached hydrogens (tertiary/aromatic N) is 2.